The Labute approximate surface area is 128 Å². The Morgan fingerprint density at radius 2 is 2.14 bits per heavy atom. The average molecular weight is 302 g/mol. The standard InChI is InChI=1S/C15H18N4OS/c20-14(13-5-4-10-21-13)17-11-12-6-7-16-15(18-12)19-8-2-1-3-9-19/h4-7,10H,1-3,8-9,11H2,(H,17,20). The Bertz CT molecular complexity index is 593. The number of thiophene rings is 1. The molecule has 2 aromatic rings. The summed E-state index contributed by atoms with van der Waals surface area (Å²) in [6.45, 7) is 2.47. The lowest BCUT2D eigenvalue weighted by atomic mass is 10.1. The second-order valence-corrected chi connectivity index (χ2v) is 6.00. The van der Waals surface area contributed by atoms with Gasteiger partial charge in [-0.25, -0.2) is 9.97 Å². The van der Waals surface area contributed by atoms with Crippen molar-refractivity contribution >= 4 is 23.2 Å². The van der Waals surface area contributed by atoms with Gasteiger partial charge < -0.3 is 10.2 Å². The van der Waals surface area contributed by atoms with Crippen LogP contribution in [0.5, 0.6) is 0 Å². The van der Waals surface area contributed by atoms with Crippen LogP contribution < -0.4 is 10.2 Å². The van der Waals surface area contributed by atoms with Crippen LogP contribution in [-0.2, 0) is 6.54 Å². The Hall–Kier alpha value is -1.95. The molecule has 1 aliphatic heterocycles. The summed E-state index contributed by atoms with van der Waals surface area (Å²) in [7, 11) is 0. The first-order valence-corrected chi connectivity index (χ1v) is 8.09. The molecule has 0 bridgehead atoms. The van der Waals surface area contributed by atoms with E-state index in [0.29, 0.717) is 6.54 Å². The molecule has 1 saturated heterocycles. The lowest BCUT2D eigenvalue weighted by molar-refractivity contribution is 0.0954. The van der Waals surface area contributed by atoms with E-state index >= 15 is 0 Å². The van der Waals surface area contributed by atoms with Crippen LogP contribution >= 0.6 is 11.3 Å². The van der Waals surface area contributed by atoms with Crippen LogP contribution in [0.3, 0.4) is 0 Å². The lowest BCUT2D eigenvalue weighted by Gasteiger charge is -2.26. The summed E-state index contributed by atoms with van der Waals surface area (Å²) in [5, 5.41) is 4.79. The molecule has 110 valence electrons. The van der Waals surface area contributed by atoms with Gasteiger partial charge >= 0.3 is 0 Å². The molecule has 0 aliphatic carbocycles. The van der Waals surface area contributed by atoms with Gasteiger partial charge in [0.2, 0.25) is 5.95 Å². The van der Waals surface area contributed by atoms with Crippen molar-refractivity contribution in [2.24, 2.45) is 0 Å². The van der Waals surface area contributed by atoms with Crippen molar-refractivity contribution in [3.05, 3.63) is 40.3 Å². The molecule has 1 amide bonds. The van der Waals surface area contributed by atoms with E-state index in [9.17, 15) is 4.79 Å². The number of amides is 1. The second-order valence-electron chi connectivity index (χ2n) is 5.06. The van der Waals surface area contributed by atoms with E-state index < -0.39 is 0 Å². The van der Waals surface area contributed by atoms with Gasteiger partial charge in [0.05, 0.1) is 17.1 Å². The number of carbonyl (C=O) groups is 1. The van der Waals surface area contributed by atoms with Gasteiger partial charge in [0.1, 0.15) is 0 Å². The van der Waals surface area contributed by atoms with Crippen molar-refractivity contribution in [1.82, 2.24) is 15.3 Å². The van der Waals surface area contributed by atoms with Gasteiger partial charge in [0.15, 0.2) is 0 Å². The first-order valence-electron chi connectivity index (χ1n) is 7.21. The van der Waals surface area contributed by atoms with Crippen molar-refractivity contribution in [3.8, 4) is 0 Å². The summed E-state index contributed by atoms with van der Waals surface area (Å²) in [5.41, 5.74) is 0.843. The monoisotopic (exact) mass is 302 g/mol. The van der Waals surface area contributed by atoms with Gasteiger partial charge in [0.25, 0.3) is 5.91 Å². The average Bonchev–Trinajstić information content (AvgIpc) is 3.08. The molecule has 6 heteroatoms. The summed E-state index contributed by atoms with van der Waals surface area (Å²) in [4.78, 5) is 23.7. The zero-order chi connectivity index (χ0) is 14.5. The van der Waals surface area contributed by atoms with E-state index in [-0.39, 0.29) is 5.91 Å². The largest absolute Gasteiger partial charge is 0.346 e. The fourth-order valence-corrected chi connectivity index (χ4v) is 3.04. The Morgan fingerprint density at radius 1 is 1.29 bits per heavy atom. The van der Waals surface area contributed by atoms with Crippen LogP contribution in [0.25, 0.3) is 0 Å². The minimum absolute atomic E-state index is 0.0527. The number of nitrogens with one attached hydrogen (secondary N) is 1. The summed E-state index contributed by atoms with van der Waals surface area (Å²) in [6.07, 6.45) is 5.45. The number of hydrogen-bond acceptors (Lipinski definition) is 5. The third kappa shape index (κ3) is 3.58. The van der Waals surface area contributed by atoms with Crippen LogP contribution in [0, 0.1) is 0 Å². The van der Waals surface area contributed by atoms with Crippen molar-refractivity contribution < 1.29 is 4.79 Å². The van der Waals surface area contributed by atoms with Crippen LogP contribution in [0.15, 0.2) is 29.8 Å². The molecule has 1 aliphatic rings. The molecule has 5 nitrogen and oxygen atoms in total. The summed E-state index contributed by atoms with van der Waals surface area (Å²) in [5.74, 6) is 0.723. The van der Waals surface area contributed by atoms with E-state index in [2.05, 4.69) is 20.2 Å². The molecule has 0 aromatic carbocycles. The minimum Gasteiger partial charge on any atom is -0.346 e. The summed E-state index contributed by atoms with van der Waals surface area (Å²) >= 11 is 1.44. The maximum atomic E-state index is 11.9. The molecule has 0 atom stereocenters. The Morgan fingerprint density at radius 3 is 2.90 bits per heavy atom. The van der Waals surface area contributed by atoms with Gasteiger partial charge in [-0.3, -0.25) is 4.79 Å². The van der Waals surface area contributed by atoms with Gasteiger partial charge in [-0.05, 0) is 36.8 Å². The molecule has 3 rings (SSSR count). The third-order valence-electron chi connectivity index (χ3n) is 3.51. The fourth-order valence-electron chi connectivity index (χ4n) is 2.39. The molecule has 0 unspecified atom stereocenters. The molecular weight excluding hydrogens is 284 g/mol. The summed E-state index contributed by atoms with van der Waals surface area (Å²) in [6, 6.07) is 5.54. The number of rotatable bonds is 4. The normalized spacial score (nSPS) is 15.0. The molecule has 0 radical (unpaired) electrons. The van der Waals surface area contributed by atoms with Crippen molar-refractivity contribution in [1.29, 1.82) is 0 Å². The fraction of sp³-hybridized carbons (Fsp3) is 0.400. The molecular formula is C15H18N4OS. The molecule has 2 aromatic heterocycles. The molecule has 3 heterocycles. The first kappa shape index (κ1) is 14.0. The van der Waals surface area contributed by atoms with Crippen molar-refractivity contribution in [2.45, 2.75) is 25.8 Å². The number of aromatic nitrogens is 2. The van der Waals surface area contributed by atoms with Crippen LogP contribution in [0.4, 0.5) is 5.95 Å². The lowest BCUT2D eigenvalue weighted by Crippen LogP contribution is -2.31. The maximum absolute atomic E-state index is 11.9. The van der Waals surface area contributed by atoms with Gasteiger partial charge in [-0.1, -0.05) is 6.07 Å². The highest BCUT2D eigenvalue weighted by molar-refractivity contribution is 7.12. The minimum atomic E-state index is -0.0527. The molecule has 1 fully saturated rings. The highest BCUT2D eigenvalue weighted by atomic mass is 32.1. The summed E-state index contributed by atoms with van der Waals surface area (Å²) < 4.78 is 0. The number of hydrogen-bond donors (Lipinski definition) is 1. The van der Waals surface area contributed by atoms with E-state index in [4.69, 9.17) is 0 Å². The number of nitrogens with zero attached hydrogens (tertiary/aromatic N) is 3. The quantitative estimate of drug-likeness (QED) is 0.942. The van der Waals surface area contributed by atoms with Crippen LogP contribution in [0.1, 0.15) is 34.6 Å². The predicted molar refractivity (Wildman–Crippen MR) is 83.6 cm³/mol. The molecule has 21 heavy (non-hydrogen) atoms. The van der Waals surface area contributed by atoms with E-state index in [1.165, 1.54) is 30.6 Å². The highest BCUT2D eigenvalue weighted by Crippen LogP contribution is 2.15. The van der Waals surface area contributed by atoms with E-state index in [1.807, 2.05) is 23.6 Å². The third-order valence-corrected chi connectivity index (χ3v) is 4.38. The van der Waals surface area contributed by atoms with Gasteiger partial charge in [-0.15, -0.1) is 11.3 Å². The molecule has 1 N–H and O–H groups in total. The van der Waals surface area contributed by atoms with Gasteiger partial charge in [0, 0.05) is 19.3 Å². The zero-order valence-electron chi connectivity index (χ0n) is 11.8. The highest BCUT2D eigenvalue weighted by Gasteiger charge is 2.14. The first-order chi connectivity index (χ1) is 10.3. The SMILES string of the molecule is O=C(NCc1ccnc(N2CCCCC2)n1)c1cccs1. The van der Waals surface area contributed by atoms with Crippen LogP contribution in [-0.4, -0.2) is 29.0 Å². The van der Waals surface area contributed by atoms with Crippen LogP contribution in [0.2, 0.25) is 0 Å². The van der Waals surface area contributed by atoms with Crippen molar-refractivity contribution in [3.63, 3.8) is 0 Å². The van der Waals surface area contributed by atoms with Gasteiger partial charge in [-0.2, -0.15) is 0 Å². The molecule has 0 saturated carbocycles. The zero-order valence-corrected chi connectivity index (χ0v) is 12.6. The van der Waals surface area contributed by atoms with E-state index in [1.54, 1.807) is 6.20 Å². The van der Waals surface area contributed by atoms with Crippen molar-refractivity contribution in [2.75, 3.05) is 18.0 Å². The Kier molecular flexibility index (Phi) is 4.45. The molecule has 0 spiro atoms. The predicted octanol–water partition coefficient (Wildman–Crippen LogP) is 2.46. The van der Waals surface area contributed by atoms with E-state index in [0.717, 1.165) is 29.6 Å². The number of anilines is 1. The second kappa shape index (κ2) is 6.67. The Balaban J connectivity index is 1.62. The smallest absolute Gasteiger partial charge is 0.261 e. The number of carbonyl (C=O) groups excluding carboxylic acids is 1. The maximum Gasteiger partial charge on any atom is 0.261 e. The number of piperidine rings is 1. The topological polar surface area (TPSA) is 58.1 Å².